The normalized spacial score (nSPS) is 19.0. The van der Waals surface area contributed by atoms with Gasteiger partial charge in [0.05, 0.1) is 24.2 Å². The molecule has 11 heteroatoms. The molecule has 0 saturated carbocycles. The molecule has 2 heterocycles. The van der Waals surface area contributed by atoms with Crippen LogP contribution in [0.1, 0.15) is 25.3 Å². The van der Waals surface area contributed by atoms with Crippen LogP contribution in [0.4, 0.5) is 0 Å². The number of ether oxygens (including phenoxy) is 3. The smallest absolute Gasteiger partial charge is 0.261 e. The van der Waals surface area contributed by atoms with E-state index in [1.807, 2.05) is 30.3 Å². The third-order valence-electron chi connectivity index (χ3n) is 6.68. The topological polar surface area (TPSA) is 114 Å². The first kappa shape index (κ1) is 28.0. The molecule has 0 unspecified atom stereocenters. The first-order valence-electron chi connectivity index (χ1n) is 12.9. The number of rotatable bonds is 11. The maximum Gasteiger partial charge on any atom is 0.261 e. The van der Waals surface area contributed by atoms with Gasteiger partial charge in [0, 0.05) is 32.8 Å². The number of hydrogen-bond acceptors (Lipinski definition) is 7. The maximum atomic E-state index is 13.2. The fourth-order valence-electron chi connectivity index (χ4n) is 4.40. The zero-order valence-corrected chi connectivity index (χ0v) is 22.4. The van der Waals surface area contributed by atoms with Gasteiger partial charge in [-0.1, -0.05) is 30.3 Å². The summed E-state index contributed by atoms with van der Waals surface area (Å²) < 4.78 is 43.6. The van der Waals surface area contributed by atoms with Crippen molar-refractivity contribution >= 4 is 21.8 Å². The van der Waals surface area contributed by atoms with Gasteiger partial charge in [0.1, 0.15) is 11.8 Å². The average Bonchev–Trinajstić information content (AvgIpc) is 3.48. The van der Waals surface area contributed by atoms with Gasteiger partial charge in [-0.15, -0.1) is 0 Å². The van der Waals surface area contributed by atoms with Crippen molar-refractivity contribution in [1.82, 2.24) is 14.5 Å². The minimum atomic E-state index is -3.62. The summed E-state index contributed by atoms with van der Waals surface area (Å²) in [5, 5.41) is 2.90. The highest BCUT2D eigenvalue weighted by molar-refractivity contribution is 7.89. The van der Waals surface area contributed by atoms with Gasteiger partial charge >= 0.3 is 0 Å². The second-order valence-electron chi connectivity index (χ2n) is 9.34. The van der Waals surface area contributed by atoms with Crippen LogP contribution in [0.15, 0.2) is 59.5 Å². The second kappa shape index (κ2) is 13.2. The van der Waals surface area contributed by atoms with E-state index < -0.39 is 16.1 Å². The summed E-state index contributed by atoms with van der Waals surface area (Å²) in [4.78, 5) is 27.8. The van der Waals surface area contributed by atoms with Crippen LogP contribution in [0, 0.1) is 0 Å². The molecule has 1 N–H and O–H groups in total. The van der Waals surface area contributed by atoms with E-state index in [9.17, 15) is 18.0 Å². The maximum absolute atomic E-state index is 13.2. The molecule has 206 valence electrons. The first-order valence-corrected chi connectivity index (χ1v) is 14.3. The number of sulfonamides is 1. The van der Waals surface area contributed by atoms with Crippen LogP contribution in [0.2, 0.25) is 0 Å². The molecule has 2 fully saturated rings. The predicted octanol–water partition coefficient (Wildman–Crippen LogP) is 1.80. The lowest BCUT2D eigenvalue weighted by Gasteiger charge is -2.29. The van der Waals surface area contributed by atoms with Crippen molar-refractivity contribution in [3.8, 4) is 5.75 Å². The molecule has 0 spiro atoms. The molecule has 2 saturated heterocycles. The number of carbonyl (C=O) groups is 2. The molecule has 2 aliphatic heterocycles. The molecule has 2 aliphatic rings. The molecule has 0 aliphatic carbocycles. The Morgan fingerprint density at radius 2 is 1.79 bits per heavy atom. The number of morpholine rings is 1. The van der Waals surface area contributed by atoms with Gasteiger partial charge in [0.2, 0.25) is 15.9 Å². The molecule has 2 aromatic carbocycles. The fraction of sp³-hybridized carbons (Fsp3) is 0.481. The summed E-state index contributed by atoms with van der Waals surface area (Å²) in [6.07, 6.45) is 1.89. The number of amides is 2. The van der Waals surface area contributed by atoms with Gasteiger partial charge in [-0.2, -0.15) is 4.31 Å². The summed E-state index contributed by atoms with van der Waals surface area (Å²) in [5.41, 5.74) is 0.886. The van der Waals surface area contributed by atoms with Crippen LogP contribution in [-0.4, -0.2) is 87.6 Å². The van der Waals surface area contributed by atoms with Crippen LogP contribution in [0.3, 0.4) is 0 Å². The number of hydrogen-bond donors (Lipinski definition) is 1. The van der Waals surface area contributed by atoms with Crippen molar-refractivity contribution in [2.45, 2.75) is 43.4 Å². The van der Waals surface area contributed by atoms with E-state index in [0.717, 1.165) is 18.4 Å². The number of benzene rings is 2. The summed E-state index contributed by atoms with van der Waals surface area (Å²) in [6, 6.07) is 14.7. The van der Waals surface area contributed by atoms with Crippen LogP contribution >= 0.6 is 0 Å². The van der Waals surface area contributed by atoms with E-state index >= 15 is 0 Å². The fourth-order valence-corrected chi connectivity index (χ4v) is 5.81. The Labute approximate surface area is 223 Å². The number of nitrogens with zero attached hydrogens (tertiary/aromatic N) is 2. The van der Waals surface area contributed by atoms with Crippen molar-refractivity contribution in [1.29, 1.82) is 0 Å². The summed E-state index contributed by atoms with van der Waals surface area (Å²) >= 11 is 0. The molecule has 2 atom stereocenters. The van der Waals surface area contributed by atoms with E-state index in [1.165, 1.54) is 33.5 Å². The van der Waals surface area contributed by atoms with E-state index in [1.54, 1.807) is 6.92 Å². The second-order valence-corrected chi connectivity index (χ2v) is 11.3. The van der Waals surface area contributed by atoms with Crippen LogP contribution < -0.4 is 10.1 Å². The standard InChI is InChI=1S/C27H35N3O7S/c1-21(27(32)28-18-24-8-5-15-36-24)30(19-22-6-3-2-4-7-22)26(31)20-37-23-9-11-25(12-10-23)38(33,34)29-13-16-35-17-14-29/h2-4,6-7,9-12,21,24H,5,8,13-20H2,1H3,(H,28,32)/t21-,24-/m1/s1. The molecular formula is C27H35N3O7S. The molecule has 0 bridgehead atoms. The largest absolute Gasteiger partial charge is 0.484 e. The molecule has 0 aromatic heterocycles. The summed E-state index contributed by atoms with van der Waals surface area (Å²) in [6.45, 7) is 4.10. The molecule has 4 rings (SSSR count). The van der Waals surface area contributed by atoms with E-state index in [2.05, 4.69) is 5.32 Å². The SMILES string of the molecule is C[C@H](C(=O)NC[C@H]1CCCO1)N(Cc1ccccc1)C(=O)COc1ccc(S(=O)(=O)N2CCOCC2)cc1. The monoisotopic (exact) mass is 545 g/mol. The molecule has 38 heavy (non-hydrogen) atoms. The Kier molecular flexibility index (Phi) is 9.73. The number of nitrogens with one attached hydrogen (secondary N) is 1. The lowest BCUT2D eigenvalue weighted by molar-refractivity contribution is -0.142. The zero-order valence-electron chi connectivity index (χ0n) is 21.6. The van der Waals surface area contributed by atoms with Crippen LogP contribution in [-0.2, 0) is 35.6 Å². The molecule has 10 nitrogen and oxygen atoms in total. The third-order valence-corrected chi connectivity index (χ3v) is 8.60. The quantitative estimate of drug-likeness (QED) is 0.458. The van der Waals surface area contributed by atoms with Crippen molar-refractivity contribution in [3.63, 3.8) is 0 Å². The van der Waals surface area contributed by atoms with Crippen molar-refractivity contribution < 1.29 is 32.2 Å². The molecule has 0 radical (unpaired) electrons. The zero-order chi connectivity index (χ0) is 27.0. The Balaban J connectivity index is 1.38. The highest BCUT2D eigenvalue weighted by Crippen LogP contribution is 2.21. The van der Waals surface area contributed by atoms with Gasteiger partial charge in [0.15, 0.2) is 6.61 Å². The summed E-state index contributed by atoms with van der Waals surface area (Å²) in [5.74, 6) is -0.268. The minimum Gasteiger partial charge on any atom is -0.484 e. The highest BCUT2D eigenvalue weighted by atomic mass is 32.2. The third kappa shape index (κ3) is 7.31. The van der Waals surface area contributed by atoms with E-state index in [4.69, 9.17) is 14.2 Å². The highest BCUT2D eigenvalue weighted by Gasteiger charge is 2.28. The molecule has 2 aromatic rings. The Morgan fingerprint density at radius 1 is 1.08 bits per heavy atom. The number of carbonyl (C=O) groups excluding carboxylic acids is 2. The van der Waals surface area contributed by atoms with Gasteiger partial charge in [-0.25, -0.2) is 8.42 Å². The minimum absolute atomic E-state index is 0.00258. The average molecular weight is 546 g/mol. The summed E-state index contributed by atoms with van der Waals surface area (Å²) in [7, 11) is -3.62. The Morgan fingerprint density at radius 3 is 2.45 bits per heavy atom. The van der Waals surface area contributed by atoms with Gasteiger partial charge in [-0.05, 0) is 49.6 Å². The Hall–Kier alpha value is -2.99. The lowest BCUT2D eigenvalue weighted by Crippen LogP contribution is -2.50. The van der Waals surface area contributed by atoms with Crippen molar-refractivity contribution in [2.75, 3.05) is 46.1 Å². The van der Waals surface area contributed by atoms with E-state index in [0.29, 0.717) is 45.2 Å². The van der Waals surface area contributed by atoms with Gasteiger partial charge < -0.3 is 24.4 Å². The molecule has 2 amide bonds. The van der Waals surface area contributed by atoms with Gasteiger partial charge in [0.25, 0.3) is 5.91 Å². The Bertz CT molecular complexity index is 1160. The first-order chi connectivity index (χ1) is 18.3. The van der Waals surface area contributed by atoms with Crippen LogP contribution in [0.5, 0.6) is 5.75 Å². The lowest BCUT2D eigenvalue weighted by atomic mass is 10.1. The van der Waals surface area contributed by atoms with Gasteiger partial charge in [-0.3, -0.25) is 9.59 Å². The predicted molar refractivity (Wildman–Crippen MR) is 140 cm³/mol. The van der Waals surface area contributed by atoms with Crippen LogP contribution in [0.25, 0.3) is 0 Å². The van der Waals surface area contributed by atoms with Crippen molar-refractivity contribution in [3.05, 3.63) is 60.2 Å². The van der Waals surface area contributed by atoms with E-state index in [-0.39, 0.29) is 36.0 Å². The molecular weight excluding hydrogens is 510 g/mol. The van der Waals surface area contributed by atoms with Crippen molar-refractivity contribution in [2.24, 2.45) is 0 Å².